The number of hydrogen-bond acceptors (Lipinski definition) is 3. The molecule has 0 aliphatic carbocycles. The summed E-state index contributed by atoms with van der Waals surface area (Å²) < 4.78 is 0. The average Bonchev–Trinajstić information content (AvgIpc) is 2.90. The number of ketones is 2. The summed E-state index contributed by atoms with van der Waals surface area (Å²) in [7, 11) is 0. The van der Waals surface area contributed by atoms with Gasteiger partial charge in [0.1, 0.15) is 0 Å². The zero-order chi connectivity index (χ0) is 15.4. The zero-order valence-corrected chi connectivity index (χ0v) is 11.6. The number of carboxylic acids is 1. The van der Waals surface area contributed by atoms with Crippen molar-refractivity contribution >= 4 is 17.5 Å². The molecule has 0 spiro atoms. The lowest BCUT2D eigenvalue weighted by atomic mass is 10.1. The summed E-state index contributed by atoms with van der Waals surface area (Å²) in [5.74, 6) is -3.17. The number of nitrogens with one attached hydrogen (secondary N) is 1. The first-order valence-electron chi connectivity index (χ1n) is 6.48. The fourth-order valence-corrected chi connectivity index (χ4v) is 1.95. The molecule has 1 aromatic heterocycles. The summed E-state index contributed by atoms with van der Waals surface area (Å²) in [5, 5.41) is 8.49. The minimum Gasteiger partial charge on any atom is -0.475 e. The number of benzene rings is 1. The van der Waals surface area contributed by atoms with Crippen molar-refractivity contribution in [1.82, 2.24) is 4.98 Å². The molecule has 0 aliphatic heterocycles. The van der Waals surface area contributed by atoms with Gasteiger partial charge in [0.15, 0.2) is 5.78 Å². The molecule has 0 unspecified atom stereocenters. The van der Waals surface area contributed by atoms with E-state index in [0.29, 0.717) is 12.0 Å². The number of hydrogen-bond donors (Lipinski definition) is 2. The number of rotatable bonds is 6. The van der Waals surface area contributed by atoms with Crippen LogP contribution in [0.25, 0.3) is 0 Å². The van der Waals surface area contributed by atoms with E-state index < -0.39 is 24.0 Å². The Kier molecular flexibility index (Phi) is 4.33. The molecule has 5 heteroatoms. The summed E-state index contributed by atoms with van der Waals surface area (Å²) >= 11 is 0. The van der Waals surface area contributed by atoms with Crippen LogP contribution in [0.3, 0.4) is 0 Å². The van der Waals surface area contributed by atoms with E-state index in [1.165, 1.54) is 11.8 Å². The standard InChI is InChI=1S/C16H15NO4/c1-10-2-4-11(5-3-10)6-13-7-12(9-17-13)14(18)8-15(19)16(20)21/h2-5,7,9,17H,6,8H2,1H3,(H,20,21). The highest BCUT2D eigenvalue weighted by molar-refractivity contribution is 6.37. The maximum Gasteiger partial charge on any atom is 0.372 e. The van der Waals surface area contributed by atoms with Gasteiger partial charge in [0, 0.05) is 23.9 Å². The van der Waals surface area contributed by atoms with Gasteiger partial charge in [0.05, 0.1) is 6.42 Å². The normalized spacial score (nSPS) is 10.3. The van der Waals surface area contributed by atoms with Gasteiger partial charge in [0.2, 0.25) is 5.78 Å². The molecule has 108 valence electrons. The summed E-state index contributed by atoms with van der Waals surface area (Å²) in [6.45, 7) is 2.01. The van der Waals surface area contributed by atoms with E-state index in [2.05, 4.69) is 4.98 Å². The van der Waals surface area contributed by atoms with Gasteiger partial charge in [-0.1, -0.05) is 29.8 Å². The second-order valence-electron chi connectivity index (χ2n) is 4.90. The van der Waals surface area contributed by atoms with Crippen molar-refractivity contribution in [3.63, 3.8) is 0 Å². The number of H-pyrrole nitrogens is 1. The Balaban J connectivity index is 2.04. The Morgan fingerprint density at radius 3 is 2.43 bits per heavy atom. The maximum absolute atomic E-state index is 11.8. The topological polar surface area (TPSA) is 87.2 Å². The molecule has 5 nitrogen and oxygen atoms in total. The third-order valence-electron chi connectivity index (χ3n) is 3.14. The van der Waals surface area contributed by atoms with Crippen molar-refractivity contribution in [3.05, 3.63) is 58.9 Å². The molecule has 0 amide bonds. The number of aliphatic carboxylic acids is 1. The Hall–Kier alpha value is -2.69. The molecule has 2 rings (SSSR count). The third-order valence-corrected chi connectivity index (χ3v) is 3.14. The number of aryl methyl sites for hydroxylation is 1. The predicted octanol–water partition coefficient (Wildman–Crippen LogP) is 2.14. The molecule has 0 aliphatic rings. The van der Waals surface area contributed by atoms with E-state index in [1.54, 1.807) is 6.07 Å². The molecule has 0 saturated carbocycles. The highest BCUT2D eigenvalue weighted by Gasteiger charge is 2.18. The molecule has 1 heterocycles. The van der Waals surface area contributed by atoms with Crippen molar-refractivity contribution < 1.29 is 19.5 Å². The lowest BCUT2D eigenvalue weighted by molar-refractivity contribution is -0.148. The SMILES string of the molecule is Cc1ccc(Cc2cc(C(=O)CC(=O)C(=O)O)c[nH]2)cc1. The second kappa shape index (κ2) is 6.17. The summed E-state index contributed by atoms with van der Waals surface area (Å²) in [4.78, 5) is 36.2. The number of carbonyl (C=O) groups excluding carboxylic acids is 2. The van der Waals surface area contributed by atoms with Crippen LogP contribution in [-0.2, 0) is 16.0 Å². The van der Waals surface area contributed by atoms with Crippen LogP contribution in [0, 0.1) is 6.92 Å². The van der Waals surface area contributed by atoms with Crippen LogP contribution in [0.4, 0.5) is 0 Å². The van der Waals surface area contributed by atoms with Gasteiger partial charge in [-0.05, 0) is 18.6 Å². The summed E-state index contributed by atoms with van der Waals surface area (Å²) in [6.07, 6.45) is 1.53. The molecule has 1 aromatic carbocycles. The van der Waals surface area contributed by atoms with Gasteiger partial charge in [-0.15, -0.1) is 0 Å². The quantitative estimate of drug-likeness (QED) is 0.483. The second-order valence-corrected chi connectivity index (χ2v) is 4.90. The molecular weight excluding hydrogens is 270 g/mol. The van der Waals surface area contributed by atoms with E-state index in [4.69, 9.17) is 5.11 Å². The number of carboxylic acid groups (broad SMARTS) is 1. The van der Waals surface area contributed by atoms with Crippen LogP contribution in [0.5, 0.6) is 0 Å². The van der Waals surface area contributed by atoms with Crippen LogP contribution in [-0.4, -0.2) is 27.6 Å². The van der Waals surface area contributed by atoms with Gasteiger partial charge in [-0.25, -0.2) is 4.79 Å². The third kappa shape index (κ3) is 3.89. The number of aromatic amines is 1. The minimum absolute atomic E-state index is 0.326. The Morgan fingerprint density at radius 2 is 1.81 bits per heavy atom. The fourth-order valence-electron chi connectivity index (χ4n) is 1.95. The molecule has 0 radical (unpaired) electrons. The highest BCUT2D eigenvalue weighted by atomic mass is 16.4. The number of carbonyl (C=O) groups is 3. The summed E-state index contributed by atoms with van der Waals surface area (Å²) in [5.41, 5.74) is 3.44. The molecule has 2 N–H and O–H groups in total. The lowest BCUT2D eigenvalue weighted by Crippen LogP contribution is -2.16. The molecule has 0 fully saturated rings. The number of aromatic nitrogens is 1. The van der Waals surface area contributed by atoms with E-state index in [-0.39, 0.29) is 0 Å². The molecule has 21 heavy (non-hydrogen) atoms. The van der Waals surface area contributed by atoms with Crippen molar-refractivity contribution in [3.8, 4) is 0 Å². The number of Topliss-reactive ketones (excluding diaryl/α,β-unsaturated/α-hetero) is 2. The van der Waals surface area contributed by atoms with Gasteiger partial charge in [0.25, 0.3) is 0 Å². The van der Waals surface area contributed by atoms with E-state index in [0.717, 1.165) is 11.3 Å². The Bertz CT molecular complexity index is 683. The molecule has 0 saturated heterocycles. The van der Waals surface area contributed by atoms with Crippen LogP contribution in [0.2, 0.25) is 0 Å². The Labute approximate surface area is 121 Å². The van der Waals surface area contributed by atoms with Crippen LogP contribution >= 0.6 is 0 Å². The van der Waals surface area contributed by atoms with E-state index >= 15 is 0 Å². The molecular formula is C16H15NO4. The Morgan fingerprint density at radius 1 is 1.14 bits per heavy atom. The van der Waals surface area contributed by atoms with Crippen molar-refractivity contribution in [2.45, 2.75) is 19.8 Å². The van der Waals surface area contributed by atoms with Crippen LogP contribution < -0.4 is 0 Å². The van der Waals surface area contributed by atoms with E-state index in [1.807, 2.05) is 31.2 Å². The predicted molar refractivity (Wildman–Crippen MR) is 76.4 cm³/mol. The molecule has 0 atom stereocenters. The zero-order valence-electron chi connectivity index (χ0n) is 11.6. The highest BCUT2D eigenvalue weighted by Crippen LogP contribution is 2.12. The van der Waals surface area contributed by atoms with Crippen molar-refractivity contribution in [1.29, 1.82) is 0 Å². The van der Waals surface area contributed by atoms with Gasteiger partial charge in [-0.3, -0.25) is 9.59 Å². The largest absolute Gasteiger partial charge is 0.475 e. The summed E-state index contributed by atoms with van der Waals surface area (Å²) in [6, 6.07) is 9.68. The minimum atomic E-state index is -1.58. The first-order chi connectivity index (χ1) is 9.95. The first-order valence-corrected chi connectivity index (χ1v) is 6.48. The van der Waals surface area contributed by atoms with Gasteiger partial charge >= 0.3 is 5.97 Å². The smallest absolute Gasteiger partial charge is 0.372 e. The molecule has 2 aromatic rings. The van der Waals surface area contributed by atoms with E-state index in [9.17, 15) is 14.4 Å². The lowest BCUT2D eigenvalue weighted by Gasteiger charge is -1.99. The van der Waals surface area contributed by atoms with Gasteiger partial charge in [-0.2, -0.15) is 0 Å². The fraction of sp³-hybridized carbons (Fsp3) is 0.188. The van der Waals surface area contributed by atoms with Crippen LogP contribution in [0.15, 0.2) is 36.5 Å². The van der Waals surface area contributed by atoms with Crippen molar-refractivity contribution in [2.24, 2.45) is 0 Å². The van der Waals surface area contributed by atoms with Gasteiger partial charge < -0.3 is 10.1 Å². The maximum atomic E-state index is 11.8. The monoisotopic (exact) mass is 285 g/mol. The van der Waals surface area contributed by atoms with Crippen molar-refractivity contribution in [2.75, 3.05) is 0 Å². The first kappa shape index (κ1) is 14.7. The molecule has 0 bridgehead atoms. The van der Waals surface area contributed by atoms with Crippen LogP contribution in [0.1, 0.15) is 33.6 Å². The average molecular weight is 285 g/mol.